The van der Waals surface area contributed by atoms with Gasteiger partial charge in [0.25, 0.3) is 0 Å². The molecular formula is C46H83NO10. The maximum Gasteiger partial charge on any atom is 0.220 e. The highest BCUT2D eigenvalue weighted by Gasteiger charge is 2.44. The number of carbonyl (C=O) groups is 1. The fraction of sp³-hybridized carbons (Fsp3) is 0.848. The maximum atomic E-state index is 13.0. The van der Waals surface area contributed by atoms with E-state index >= 15 is 0 Å². The average Bonchev–Trinajstić information content (AvgIpc) is 3.22. The zero-order chi connectivity index (χ0) is 41.4. The van der Waals surface area contributed by atoms with E-state index in [1.165, 1.54) is 128 Å². The van der Waals surface area contributed by atoms with Gasteiger partial charge in [-0.2, -0.15) is 0 Å². The summed E-state index contributed by atoms with van der Waals surface area (Å²) < 4.78 is 16.7. The molecule has 2 rings (SSSR count). The molecule has 1 heterocycles. The van der Waals surface area contributed by atoms with Crippen LogP contribution in [0.15, 0.2) is 30.3 Å². The van der Waals surface area contributed by atoms with E-state index in [1.54, 1.807) is 0 Å². The zero-order valence-electron chi connectivity index (χ0n) is 35.5. The molecular weight excluding hydrogens is 727 g/mol. The number of benzene rings is 1. The molecule has 1 amide bonds. The van der Waals surface area contributed by atoms with Gasteiger partial charge in [-0.05, 0) is 24.8 Å². The predicted molar refractivity (Wildman–Crippen MR) is 226 cm³/mol. The number of carbonyl (C=O) groups excluding carboxylic acids is 1. The summed E-state index contributed by atoms with van der Waals surface area (Å²) in [5.41, 5.74) is 1.18. The number of hydrogen-bond acceptors (Lipinski definition) is 10. The van der Waals surface area contributed by atoms with Crippen LogP contribution < -0.4 is 5.32 Å². The first kappa shape index (κ1) is 51.5. The Balaban J connectivity index is 1.58. The predicted octanol–water partition coefficient (Wildman–Crippen LogP) is 7.04. The Bertz CT molecular complexity index is 1060. The Kier molecular flexibility index (Phi) is 30.8. The Morgan fingerprint density at radius 2 is 1.16 bits per heavy atom. The average molecular weight is 810 g/mol. The molecule has 1 fully saturated rings. The highest BCUT2D eigenvalue weighted by molar-refractivity contribution is 5.76. The summed E-state index contributed by atoms with van der Waals surface area (Å²) in [5.74, 6) is -0.309. The van der Waals surface area contributed by atoms with Crippen molar-refractivity contribution in [3.63, 3.8) is 0 Å². The van der Waals surface area contributed by atoms with E-state index in [0.717, 1.165) is 32.1 Å². The molecule has 0 radical (unpaired) electrons. The van der Waals surface area contributed by atoms with Crippen LogP contribution in [0.2, 0.25) is 0 Å². The van der Waals surface area contributed by atoms with Crippen LogP contribution in [-0.2, 0) is 25.4 Å². The molecule has 1 aliphatic rings. The van der Waals surface area contributed by atoms with Crippen molar-refractivity contribution in [3.8, 4) is 0 Å². The molecule has 11 nitrogen and oxygen atoms in total. The van der Waals surface area contributed by atoms with E-state index in [9.17, 15) is 35.4 Å². The smallest absolute Gasteiger partial charge is 0.220 e. The van der Waals surface area contributed by atoms with Crippen molar-refractivity contribution in [2.75, 3.05) is 26.4 Å². The third kappa shape index (κ3) is 24.2. The van der Waals surface area contributed by atoms with Crippen LogP contribution >= 0.6 is 0 Å². The van der Waals surface area contributed by atoms with E-state index in [0.29, 0.717) is 13.0 Å². The molecule has 1 aromatic carbocycles. The molecule has 0 spiro atoms. The molecule has 1 aromatic rings. The molecule has 0 saturated carbocycles. The third-order valence-electron chi connectivity index (χ3n) is 11.3. The van der Waals surface area contributed by atoms with Gasteiger partial charge < -0.3 is 50.2 Å². The van der Waals surface area contributed by atoms with Crippen LogP contribution in [0.5, 0.6) is 0 Å². The lowest BCUT2D eigenvalue weighted by Gasteiger charge is -2.40. The molecule has 1 saturated heterocycles. The van der Waals surface area contributed by atoms with Gasteiger partial charge in [-0.15, -0.1) is 0 Å². The van der Waals surface area contributed by atoms with Gasteiger partial charge >= 0.3 is 0 Å². The maximum absolute atomic E-state index is 13.0. The summed E-state index contributed by atoms with van der Waals surface area (Å²) in [6.45, 7) is 1.49. The van der Waals surface area contributed by atoms with Gasteiger partial charge in [-0.25, -0.2) is 0 Å². The minimum absolute atomic E-state index is 0.165. The van der Waals surface area contributed by atoms with Crippen molar-refractivity contribution in [2.45, 2.75) is 223 Å². The van der Waals surface area contributed by atoms with E-state index in [-0.39, 0.29) is 25.5 Å². The summed E-state index contributed by atoms with van der Waals surface area (Å²) >= 11 is 0. The molecule has 0 aromatic heterocycles. The normalized spacial score (nSPS) is 21.4. The van der Waals surface area contributed by atoms with E-state index in [4.69, 9.17) is 14.2 Å². The summed E-state index contributed by atoms with van der Waals surface area (Å²) in [6, 6.07) is 8.88. The molecule has 0 unspecified atom stereocenters. The first-order valence-electron chi connectivity index (χ1n) is 23.0. The molecule has 7 N–H and O–H groups in total. The largest absolute Gasteiger partial charge is 0.394 e. The number of unbranched alkanes of at least 4 members (excludes halogenated alkanes) is 22. The van der Waals surface area contributed by atoms with Crippen LogP contribution in [0, 0.1) is 0 Å². The van der Waals surface area contributed by atoms with Gasteiger partial charge in [0.05, 0.1) is 25.9 Å². The quantitative estimate of drug-likeness (QED) is 0.0345. The second-order valence-electron chi connectivity index (χ2n) is 16.5. The second kappa shape index (κ2) is 34.1. The number of aliphatic hydroxyl groups excluding tert-OH is 6. The van der Waals surface area contributed by atoms with E-state index < -0.39 is 55.6 Å². The molecule has 0 aliphatic carbocycles. The topological polar surface area (TPSA) is 178 Å². The first-order valence-corrected chi connectivity index (χ1v) is 23.0. The number of hydrogen-bond donors (Lipinski definition) is 7. The minimum Gasteiger partial charge on any atom is -0.394 e. The summed E-state index contributed by atoms with van der Waals surface area (Å²) in [5, 5.41) is 64.7. The van der Waals surface area contributed by atoms with Crippen molar-refractivity contribution in [1.29, 1.82) is 0 Å². The Morgan fingerprint density at radius 1 is 0.667 bits per heavy atom. The molecule has 332 valence electrons. The fourth-order valence-electron chi connectivity index (χ4n) is 7.57. The van der Waals surface area contributed by atoms with E-state index in [2.05, 4.69) is 12.2 Å². The number of amides is 1. The van der Waals surface area contributed by atoms with Gasteiger partial charge in [0.15, 0.2) is 6.29 Å². The SMILES string of the molecule is CCCCCCCCCCCCCCCCCCCCCCCCCC(=O)N[C@H](CO[C@H]1O[C@H](CO)[C@H](O)[C@H](O)[C@H]1O)[C@@H](O)[C@@H](O)COCCCc1ccccc1. The lowest BCUT2D eigenvalue weighted by Crippen LogP contribution is -2.60. The molecule has 57 heavy (non-hydrogen) atoms. The number of aryl methyl sites for hydroxylation is 1. The van der Waals surface area contributed by atoms with Crippen LogP contribution in [0.1, 0.15) is 173 Å². The molecule has 8 atom stereocenters. The molecule has 1 aliphatic heterocycles. The van der Waals surface area contributed by atoms with Crippen molar-refractivity contribution in [2.24, 2.45) is 0 Å². The lowest BCUT2D eigenvalue weighted by molar-refractivity contribution is -0.303. The van der Waals surface area contributed by atoms with E-state index in [1.807, 2.05) is 30.3 Å². The van der Waals surface area contributed by atoms with Gasteiger partial charge in [-0.1, -0.05) is 179 Å². The number of ether oxygens (including phenoxy) is 3. The monoisotopic (exact) mass is 810 g/mol. The van der Waals surface area contributed by atoms with Gasteiger partial charge in [0.1, 0.15) is 36.6 Å². The number of nitrogens with one attached hydrogen (secondary N) is 1. The Labute approximate surface area is 345 Å². The Hall–Kier alpha value is -1.67. The van der Waals surface area contributed by atoms with Crippen LogP contribution in [0.3, 0.4) is 0 Å². The highest BCUT2D eigenvalue weighted by atomic mass is 16.7. The zero-order valence-corrected chi connectivity index (χ0v) is 35.5. The van der Waals surface area contributed by atoms with Crippen LogP contribution in [0.25, 0.3) is 0 Å². The molecule has 11 heteroatoms. The van der Waals surface area contributed by atoms with Crippen LogP contribution in [-0.4, -0.2) is 112 Å². The fourth-order valence-corrected chi connectivity index (χ4v) is 7.57. The van der Waals surface area contributed by atoms with Crippen molar-refractivity contribution < 1.29 is 49.6 Å². The lowest BCUT2D eigenvalue weighted by atomic mass is 9.99. The number of aliphatic hydroxyl groups is 6. The van der Waals surface area contributed by atoms with Gasteiger partial charge in [0.2, 0.25) is 5.91 Å². The van der Waals surface area contributed by atoms with Crippen molar-refractivity contribution >= 4 is 5.91 Å². The van der Waals surface area contributed by atoms with Crippen molar-refractivity contribution in [1.82, 2.24) is 5.32 Å². The second-order valence-corrected chi connectivity index (χ2v) is 16.5. The Morgan fingerprint density at radius 3 is 1.65 bits per heavy atom. The standard InChI is InChI=1S/C46H83NO10/c1-2-3-4-5-6-7-8-9-10-11-12-13-14-15-16-17-18-19-20-21-22-23-27-32-41(50)47-38(35-56-46-45(54)44(53)43(52)40(34-48)57-46)42(51)39(49)36-55-33-28-31-37-29-25-24-26-30-37/h24-26,29-30,38-40,42-46,48-49,51-54H,2-23,27-28,31-36H2,1H3,(H,47,50)/t38-,39+,40-,42-,43+,44+,45-,46+/m1/s1. The van der Waals surface area contributed by atoms with Crippen LogP contribution in [0.4, 0.5) is 0 Å². The summed E-state index contributed by atoms with van der Waals surface area (Å²) in [7, 11) is 0. The van der Waals surface area contributed by atoms with Crippen molar-refractivity contribution in [3.05, 3.63) is 35.9 Å². The minimum atomic E-state index is -1.64. The number of rotatable bonds is 37. The highest BCUT2D eigenvalue weighted by Crippen LogP contribution is 2.23. The van der Waals surface area contributed by atoms with Gasteiger partial charge in [0, 0.05) is 13.0 Å². The van der Waals surface area contributed by atoms with Gasteiger partial charge in [-0.3, -0.25) is 4.79 Å². The molecule has 0 bridgehead atoms. The third-order valence-corrected chi connectivity index (χ3v) is 11.3. The summed E-state index contributed by atoms with van der Waals surface area (Å²) in [6.07, 6.45) is 21.4. The summed E-state index contributed by atoms with van der Waals surface area (Å²) in [4.78, 5) is 13.0. The first-order chi connectivity index (χ1) is 27.8.